The lowest BCUT2D eigenvalue weighted by atomic mass is 10.1. The summed E-state index contributed by atoms with van der Waals surface area (Å²) in [6, 6.07) is 13.7. The average molecular weight is 390 g/mol. The molecule has 126 valence electrons. The van der Waals surface area contributed by atoms with Gasteiger partial charge in [-0.25, -0.2) is 0 Å². The molecule has 1 fully saturated rings. The van der Waals surface area contributed by atoms with Crippen LogP contribution in [0.15, 0.2) is 46.9 Å². The SMILES string of the molecule is COc1ccc(C)cc1C(=O)N1CCOC(c2ccc(Br)cc2)C1. The third kappa shape index (κ3) is 3.62. The number of hydrogen-bond donors (Lipinski definition) is 0. The second kappa shape index (κ2) is 7.36. The van der Waals surface area contributed by atoms with Crippen LogP contribution in [0, 0.1) is 6.92 Å². The van der Waals surface area contributed by atoms with Gasteiger partial charge in [0.1, 0.15) is 11.9 Å². The molecule has 24 heavy (non-hydrogen) atoms. The molecule has 0 N–H and O–H groups in total. The first-order valence-electron chi connectivity index (χ1n) is 7.89. The highest BCUT2D eigenvalue weighted by atomic mass is 79.9. The normalized spacial score (nSPS) is 17.6. The molecule has 1 amide bonds. The van der Waals surface area contributed by atoms with Crippen LogP contribution in [0.5, 0.6) is 5.75 Å². The van der Waals surface area contributed by atoms with E-state index in [2.05, 4.69) is 15.9 Å². The Morgan fingerprint density at radius 2 is 2.00 bits per heavy atom. The van der Waals surface area contributed by atoms with E-state index >= 15 is 0 Å². The molecular formula is C19H20BrNO3. The first kappa shape index (κ1) is 17.0. The Morgan fingerprint density at radius 1 is 1.25 bits per heavy atom. The fraction of sp³-hybridized carbons (Fsp3) is 0.316. The highest BCUT2D eigenvalue weighted by Gasteiger charge is 2.27. The van der Waals surface area contributed by atoms with Crippen LogP contribution >= 0.6 is 15.9 Å². The van der Waals surface area contributed by atoms with Gasteiger partial charge in [0.15, 0.2) is 0 Å². The van der Waals surface area contributed by atoms with Gasteiger partial charge in [0.05, 0.1) is 25.8 Å². The van der Waals surface area contributed by atoms with Crippen molar-refractivity contribution < 1.29 is 14.3 Å². The molecule has 1 saturated heterocycles. The van der Waals surface area contributed by atoms with E-state index in [0.29, 0.717) is 31.0 Å². The van der Waals surface area contributed by atoms with Crippen molar-refractivity contribution in [3.63, 3.8) is 0 Å². The summed E-state index contributed by atoms with van der Waals surface area (Å²) in [5.41, 5.74) is 2.72. The van der Waals surface area contributed by atoms with Gasteiger partial charge in [-0.15, -0.1) is 0 Å². The number of hydrogen-bond acceptors (Lipinski definition) is 3. The molecule has 1 heterocycles. The first-order valence-corrected chi connectivity index (χ1v) is 8.69. The summed E-state index contributed by atoms with van der Waals surface area (Å²) >= 11 is 3.44. The third-order valence-corrected chi connectivity index (χ3v) is 4.71. The fourth-order valence-electron chi connectivity index (χ4n) is 2.87. The number of methoxy groups -OCH3 is 1. The topological polar surface area (TPSA) is 38.8 Å². The fourth-order valence-corrected chi connectivity index (χ4v) is 3.14. The molecule has 0 aromatic heterocycles. The summed E-state index contributed by atoms with van der Waals surface area (Å²) in [6.45, 7) is 3.63. The first-order chi connectivity index (χ1) is 11.6. The quantitative estimate of drug-likeness (QED) is 0.796. The number of halogens is 1. The molecule has 0 spiro atoms. The number of carbonyl (C=O) groups excluding carboxylic acids is 1. The van der Waals surface area contributed by atoms with Gasteiger partial charge in [-0.3, -0.25) is 4.79 Å². The van der Waals surface area contributed by atoms with Crippen molar-refractivity contribution in [3.05, 3.63) is 63.6 Å². The average Bonchev–Trinajstić information content (AvgIpc) is 2.62. The van der Waals surface area contributed by atoms with Crippen LogP contribution in [0.2, 0.25) is 0 Å². The second-order valence-electron chi connectivity index (χ2n) is 5.87. The van der Waals surface area contributed by atoms with E-state index in [-0.39, 0.29) is 12.0 Å². The number of ether oxygens (including phenoxy) is 2. The zero-order valence-corrected chi connectivity index (χ0v) is 15.4. The zero-order chi connectivity index (χ0) is 17.1. The van der Waals surface area contributed by atoms with Gasteiger partial charge in [0, 0.05) is 11.0 Å². The number of amides is 1. The Labute approximate surface area is 150 Å². The lowest BCUT2D eigenvalue weighted by Crippen LogP contribution is -2.42. The molecule has 2 aromatic rings. The largest absolute Gasteiger partial charge is 0.496 e. The minimum Gasteiger partial charge on any atom is -0.496 e. The Hall–Kier alpha value is -1.85. The zero-order valence-electron chi connectivity index (χ0n) is 13.8. The predicted octanol–water partition coefficient (Wildman–Crippen LogP) is 3.98. The smallest absolute Gasteiger partial charge is 0.257 e. The van der Waals surface area contributed by atoms with E-state index in [0.717, 1.165) is 15.6 Å². The Morgan fingerprint density at radius 3 is 2.71 bits per heavy atom. The van der Waals surface area contributed by atoms with Crippen LogP contribution in [-0.2, 0) is 4.74 Å². The lowest BCUT2D eigenvalue weighted by molar-refractivity contribution is -0.0229. The number of rotatable bonds is 3. The van der Waals surface area contributed by atoms with Crippen molar-refractivity contribution >= 4 is 21.8 Å². The summed E-state index contributed by atoms with van der Waals surface area (Å²) in [7, 11) is 1.59. The molecule has 2 aromatic carbocycles. The van der Waals surface area contributed by atoms with E-state index in [9.17, 15) is 4.79 Å². The van der Waals surface area contributed by atoms with Crippen LogP contribution in [0.4, 0.5) is 0 Å². The molecule has 1 aliphatic heterocycles. The van der Waals surface area contributed by atoms with Crippen molar-refractivity contribution in [3.8, 4) is 5.75 Å². The highest BCUT2D eigenvalue weighted by Crippen LogP contribution is 2.27. The standard InChI is InChI=1S/C19H20BrNO3/c1-13-3-8-17(23-2)16(11-13)19(22)21-9-10-24-18(12-21)14-4-6-15(20)7-5-14/h3-8,11,18H,9-10,12H2,1-2H3. The molecule has 1 aliphatic rings. The number of carbonyl (C=O) groups is 1. The summed E-state index contributed by atoms with van der Waals surface area (Å²) < 4.78 is 12.2. The number of benzene rings is 2. The Balaban J connectivity index is 1.80. The van der Waals surface area contributed by atoms with Crippen LogP contribution in [0.25, 0.3) is 0 Å². The molecule has 0 saturated carbocycles. The van der Waals surface area contributed by atoms with Gasteiger partial charge in [0.25, 0.3) is 5.91 Å². The monoisotopic (exact) mass is 389 g/mol. The lowest BCUT2D eigenvalue weighted by Gasteiger charge is -2.33. The van der Waals surface area contributed by atoms with E-state index < -0.39 is 0 Å². The minimum atomic E-state index is -0.105. The van der Waals surface area contributed by atoms with Gasteiger partial charge < -0.3 is 14.4 Å². The number of aryl methyl sites for hydroxylation is 1. The van der Waals surface area contributed by atoms with Crippen LogP contribution in [-0.4, -0.2) is 37.6 Å². The predicted molar refractivity (Wildman–Crippen MR) is 96.5 cm³/mol. The molecule has 0 radical (unpaired) electrons. The van der Waals surface area contributed by atoms with E-state index in [1.54, 1.807) is 7.11 Å². The maximum Gasteiger partial charge on any atom is 0.257 e. The Kier molecular flexibility index (Phi) is 5.21. The Bertz CT molecular complexity index is 730. The molecular weight excluding hydrogens is 370 g/mol. The molecule has 4 nitrogen and oxygen atoms in total. The molecule has 0 aliphatic carbocycles. The van der Waals surface area contributed by atoms with Crippen LogP contribution < -0.4 is 4.74 Å². The second-order valence-corrected chi connectivity index (χ2v) is 6.78. The number of morpholine rings is 1. The maximum atomic E-state index is 12.9. The summed E-state index contributed by atoms with van der Waals surface area (Å²) in [6.07, 6.45) is -0.105. The van der Waals surface area contributed by atoms with E-state index in [4.69, 9.17) is 9.47 Å². The van der Waals surface area contributed by atoms with Gasteiger partial charge in [0.2, 0.25) is 0 Å². The summed E-state index contributed by atoms with van der Waals surface area (Å²) in [4.78, 5) is 14.8. The number of nitrogens with zero attached hydrogens (tertiary/aromatic N) is 1. The molecule has 0 bridgehead atoms. The van der Waals surface area contributed by atoms with Gasteiger partial charge in [-0.2, -0.15) is 0 Å². The van der Waals surface area contributed by atoms with Crippen LogP contribution in [0.3, 0.4) is 0 Å². The van der Waals surface area contributed by atoms with E-state index in [1.165, 1.54) is 0 Å². The van der Waals surface area contributed by atoms with Crippen LogP contribution in [0.1, 0.15) is 27.6 Å². The molecule has 3 rings (SSSR count). The minimum absolute atomic E-state index is 0.0130. The van der Waals surface area contributed by atoms with E-state index in [1.807, 2.05) is 54.3 Å². The molecule has 5 heteroatoms. The third-order valence-electron chi connectivity index (χ3n) is 4.18. The van der Waals surface area contributed by atoms with Crippen molar-refractivity contribution in [1.82, 2.24) is 4.90 Å². The summed E-state index contributed by atoms with van der Waals surface area (Å²) in [5, 5.41) is 0. The van der Waals surface area contributed by atoms with Crippen molar-refractivity contribution in [2.24, 2.45) is 0 Å². The maximum absolute atomic E-state index is 12.9. The van der Waals surface area contributed by atoms with Gasteiger partial charge in [-0.1, -0.05) is 39.7 Å². The van der Waals surface area contributed by atoms with Gasteiger partial charge in [-0.05, 0) is 36.8 Å². The molecule has 1 atom stereocenters. The highest BCUT2D eigenvalue weighted by molar-refractivity contribution is 9.10. The summed E-state index contributed by atoms with van der Waals surface area (Å²) in [5.74, 6) is 0.596. The molecule has 1 unspecified atom stereocenters. The van der Waals surface area contributed by atoms with Crippen molar-refractivity contribution in [2.75, 3.05) is 26.8 Å². The van der Waals surface area contributed by atoms with Crippen molar-refractivity contribution in [2.45, 2.75) is 13.0 Å². The van der Waals surface area contributed by atoms with Gasteiger partial charge >= 0.3 is 0 Å². The van der Waals surface area contributed by atoms with Crippen molar-refractivity contribution in [1.29, 1.82) is 0 Å².